The quantitative estimate of drug-likeness (QED) is 0.441. The zero-order valence-corrected chi connectivity index (χ0v) is 10.8. The third-order valence-corrected chi connectivity index (χ3v) is 2.82. The number of aryl methyl sites for hydroxylation is 1. The first-order chi connectivity index (χ1) is 6.86. The molecule has 0 radical (unpaired) electrons. The van der Waals surface area contributed by atoms with Crippen molar-refractivity contribution in [3.63, 3.8) is 0 Å². The summed E-state index contributed by atoms with van der Waals surface area (Å²) in [6.07, 6.45) is 3.75. The molecule has 78 valence electrons. The Morgan fingerprint density at radius 2 is 2.14 bits per heavy atom. The predicted molar refractivity (Wildman–Crippen MR) is 69.4 cm³/mol. The molecule has 0 spiro atoms. The molecule has 0 fully saturated rings. The van der Waals surface area contributed by atoms with Gasteiger partial charge < -0.3 is 4.74 Å². The third kappa shape index (κ3) is 4.31. The monoisotopic (exact) mass is 304 g/mol. The second-order valence-electron chi connectivity index (χ2n) is 3.23. The zero-order valence-electron chi connectivity index (χ0n) is 8.63. The van der Waals surface area contributed by atoms with Crippen molar-refractivity contribution in [3.05, 3.63) is 29.8 Å². The summed E-state index contributed by atoms with van der Waals surface area (Å²) in [5.41, 5.74) is 1.39. The lowest BCUT2D eigenvalue weighted by Gasteiger charge is -2.05. The molecule has 0 aromatic heterocycles. The highest BCUT2D eigenvalue weighted by Crippen LogP contribution is 2.15. The molecular weight excluding hydrogens is 287 g/mol. The molecule has 1 aromatic rings. The molecule has 0 bridgehead atoms. The lowest BCUT2D eigenvalue weighted by molar-refractivity contribution is 0.340. The number of rotatable bonds is 6. The van der Waals surface area contributed by atoms with Gasteiger partial charge in [0.05, 0.1) is 6.61 Å². The molecule has 14 heavy (non-hydrogen) atoms. The molecule has 0 aliphatic rings. The smallest absolute Gasteiger partial charge is 0.119 e. The van der Waals surface area contributed by atoms with E-state index in [1.807, 2.05) is 13.0 Å². The molecule has 1 aromatic carbocycles. The van der Waals surface area contributed by atoms with Crippen LogP contribution >= 0.6 is 22.6 Å². The molecule has 0 saturated heterocycles. The van der Waals surface area contributed by atoms with E-state index >= 15 is 0 Å². The van der Waals surface area contributed by atoms with Gasteiger partial charge in [-0.25, -0.2) is 0 Å². The predicted octanol–water partition coefficient (Wildman–Crippen LogP) is 3.84. The van der Waals surface area contributed by atoms with Crippen LogP contribution in [0.15, 0.2) is 24.3 Å². The van der Waals surface area contributed by atoms with Crippen LogP contribution in [0.2, 0.25) is 0 Å². The maximum atomic E-state index is 5.45. The van der Waals surface area contributed by atoms with E-state index in [9.17, 15) is 0 Å². The maximum Gasteiger partial charge on any atom is 0.119 e. The first-order valence-corrected chi connectivity index (χ1v) is 6.67. The highest BCUT2D eigenvalue weighted by molar-refractivity contribution is 14.1. The van der Waals surface area contributed by atoms with E-state index in [2.05, 4.69) is 40.8 Å². The summed E-state index contributed by atoms with van der Waals surface area (Å²) in [4.78, 5) is 0. The minimum atomic E-state index is 0.747. The number of benzene rings is 1. The highest BCUT2D eigenvalue weighted by atomic mass is 127. The minimum absolute atomic E-state index is 0.747. The SMILES string of the molecule is CCOc1cccc(CCCCI)c1. The normalized spacial score (nSPS) is 10.1. The molecule has 2 heteroatoms. The minimum Gasteiger partial charge on any atom is -0.494 e. The van der Waals surface area contributed by atoms with E-state index in [-0.39, 0.29) is 0 Å². The van der Waals surface area contributed by atoms with Crippen LogP contribution in [0.1, 0.15) is 25.3 Å². The van der Waals surface area contributed by atoms with Gasteiger partial charge >= 0.3 is 0 Å². The van der Waals surface area contributed by atoms with Crippen molar-refractivity contribution in [2.75, 3.05) is 11.0 Å². The van der Waals surface area contributed by atoms with Gasteiger partial charge in [-0.15, -0.1) is 0 Å². The topological polar surface area (TPSA) is 9.23 Å². The maximum absolute atomic E-state index is 5.45. The number of unbranched alkanes of at least 4 members (excludes halogenated alkanes) is 1. The standard InChI is InChI=1S/C12H17IO/c1-2-14-12-8-5-7-11(10-12)6-3-4-9-13/h5,7-8,10H,2-4,6,9H2,1H3. The van der Waals surface area contributed by atoms with Crippen molar-refractivity contribution in [3.8, 4) is 5.75 Å². The van der Waals surface area contributed by atoms with Gasteiger partial charge in [-0.05, 0) is 48.3 Å². The summed E-state index contributed by atoms with van der Waals surface area (Å²) < 4.78 is 6.70. The average Bonchev–Trinajstić information content (AvgIpc) is 2.19. The van der Waals surface area contributed by atoms with Crippen LogP contribution in [0.4, 0.5) is 0 Å². The van der Waals surface area contributed by atoms with Gasteiger partial charge in [0.15, 0.2) is 0 Å². The van der Waals surface area contributed by atoms with Gasteiger partial charge in [-0.2, -0.15) is 0 Å². The molecule has 0 aliphatic heterocycles. The molecule has 0 atom stereocenters. The summed E-state index contributed by atoms with van der Waals surface area (Å²) in [6.45, 7) is 2.76. The molecule has 1 nitrogen and oxygen atoms in total. The van der Waals surface area contributed by atoms with Gasteiger partial charge in [0.25, 0.3) is 0 Å². The van der Waals surface area contributed by atoms with Crippen LogP contribution in [0.3, 0.4) is 0 Å². The number of hydrogen-bond acceptors (Lipinski definition) is 1. The molecular formula is C12H17IO. The van der Waals surface area contributed by atoms with Crippen molar-refractivity contribution in [1.82, 2.24) is 0 Å². The Bertz CT molecular complexity index is 260. The number of hydrogen-bond donors (Lipinski definition) is 0. The lowest BCUT2D eigenvalue weighted by atomic mass is 10.1. The van der Waals surface area contributed by atoms with Crippen LogP contribution in [-0.2, 0) is 6.42 Å². The van der Waals surface area contributed by atoms with Crippen LogP contribution in [0.25, 0.3) is 0 Å². The van der Waals surface area contributed by atoms with Crippen molar-refractivity contribution in [2.45, 2.75) is 26.2 Å². The van der Waals surface area contributed by atoms with Crippen LogP contribution < -0.4 is 4.74 Å². The fourth-order valence-corrected chi connectivity index (χ4v) is 1.92. The highest BCUT2D eigenvalue weighted by Gasteiger charge is 1.96. The molecule has 0 amide bonds. The van der Waals surface area contributed by atoms with Gasteiger partial charge in [0.1, 0.15) is 5.75 Å². The van der Waals surface area contributed by atoms with E-state index in [0.29, 0.717) is 0 Å². The second-order valence-corrected chi connectivity index (χ2v) is 4.31. The fourth-order valence-electron chi connectivity index (χ4n) is 1.38. The van der Waals surface area contributed by atoms with E-state index in [0.717, 1.165) is 12.4 Å². The second kappa shape index (κ2) is 7.10. The number of halogens is 1. The first kappa shape index (κ1) is 11.8. The summed E-state index contributed by atoms with van der Waals surface area (Å²) >= 11 is 2.43. The van der Waals surface area contributed by atoms with Gasteiger partial charge in [-0.1, -0.05) is 34.7 Å². The van der Waals surface area contributed by atoms with E-state index in [1.165, 1.54) is 29.3 Å². The van der Waals surface area contributed by atoms with Crippen LogP contribution in [0.5, 0.6) is 5.75 Å². The summed E-state index contributed by atoms with van der Waals surface area (Å²) in [5, 5.41) is 0. The molecule has 0 aliphatic carbocycles. The molecule has 0 unspecified atom stereocenters. The molecule has 0 N–H and O–H groups in total. The van der Waals surface area contributed by atoms with Crippen molar-refractivity contribution in [1.29, 1.82) is 0 Å². The van der Waals surface area contributed by atoms with Gasteiger partial charge in [-0.3, -0.25) is 0 Å². The van der Waals surface area contributed by atoms with E-state index in [4.69, 9.17) is 4.74 Å². The van der Waals surface area contributed by atoms with Gasteiger partial charge in [0, 0.05) is 0 Å². The van der Waals surface area contributed by atoms with Crippen molar-refractivity contribution in [2.24, 2.45) is 0 Å². The number of ether oxygens (including phenoxy) is 1. The van der Waals surface area contributed by atoms with E-state index < -0.39 is 0 Å². The zero-order chi connectivity index (χ0) is 10.2. The Hall–Kier alpha value is -0.250. The molecule has 0 saturated carbocycles. The Balaban J connectivity index is 2.46. The van der Waals surface area contributed by atoms with Crippen LogP contribution in [0, 0.1) is 0 Å². The summed E-state index contributed by atoms with van der Waals surface area (Å²) in [6, 6.07) is 8.42. The summed E-state index contributed by atoms with van der Waals surface area (Å²) in [7, 11) is 0. The third-order valence-electron chi connectivity index (χ3n) is 2.06. The Morgan fingerprint density at radius 1 is 1.29 bits per heavy atom. The summed E-state index contributed by atoms with van der Waals surface area (Å²) in [5.74, 6) is 1.000. The lowest BCUT2D eigenvalue weighted by Crippen LogP contribution is -1.93. The number of alkyl halides is 1. The fraction of sp³-hybridized carbons (Fsp3) is 0.500. The Morgan fingerprint density at radius 3 is 2.86 bits per heavy atom. The molecule has 0 heterocycles. The largest absolute Gasteiger partial charge is 0.494 e. The van der Waals surface area contributed by atoms with Crippen molar-refractivity contribution >= 4 is 22.6 Å². The van der Waals surface area contributed by atoms with Crippen LogP contribution in [-0.4, -0.2) is 11.0 Å². The Kier molecular flexibility index (Phi) is 5.99. The first-order valence-electron chi connectivity index (χ1n) is 5.14. The van der Waals surface area contributed by atoms with Crippen molar-refractivity contribution < 1.29 is 4.74 Å². The average molecular weight is 304 g/mol. The van der Waals surface area contributed by atoms with E-state index in [1.54, 1.807) is 0 Å². The molecule has 1 rings (SSSR count). The Labute approximate surface area is 100.0 Å². The van der Waals surface area contributed by atoms with Gasteiger partial charge in [0.2, 0.25) is 0 Å².